The topological polar surface area (TPSA) is 29.3 Å². The molecular formula is C15H32N2. The van der Waals surface area contributed by atoms with Crippen LogP contribution >= 0.6 is 0 Å². The lowest BCUT2D eigenvalue weighted by molar-refractivity contribution is -0.0247. The first kappa shape index (κ1) is 15.0. The minimum Gasteiger partial charge on any atom is -0.329 e. The van der Waals surface area contributed by atoms with Crippen LogP contribution in [0.5, 0.6) is 0 Å². The smallest absolute Gasteiger partial charge is 0.0336 e. The molecule has 0 heterocycles. The van der Waals surface area contributed by atoms with E-state index in [4.69, 9.17) is 5.73 Å². The fraction of sp³-hybridized carbons (Fsp3) is 1.00. The normalized spacial score (nSPS) is 35.3. The van der Waals surface area contributed by atoms with Crippen LogP contribution in [0.15, 0.2) is 0 Å². The molecule has 0 aromatic heterocycles. The van der Waals surface area contributed by atoms with Gasteiger partial charge in [0.15, 0.2) is 0 Å². The van der Waals surface area contributed by atoms with Gasteiger partial charge in [0.1, 0.15) is 0 Å². The molecule has 0 radical (unpaired) electrons. The Kier molecular flexibility index (Phi) is 4.65. The summed E-state index contributed by atoms with van der Waals surface area (Å²) in [4.78, 5) is 2.57. The molecule has 2 heteroatoms. The highest BCUT2D eigenvalue weighted by Crippen LogP contribution is 2.41. The van der Waals surface area contributed by atoms with E-state index in [0.29, 0.717) is 0 Å². The van der Waals surface area contributed by atoms with Crippen LogP contribution in [-0.2, 0) is 0 Å². The van der Waals surface area contributed by atoms with Gasteiger partial charge >= 0.3 is 0 Å². The molecule has 1 aliphatic rings. The van der Waals surface area contributed by atoms with Crippen molar-refractivity contribution in [2.45, 2.75) is 71.4 Å². The quantitative estimate of drug-likeness (QED) is 0.817. The Morgan fingerprint density at radius 2 is 1.88 bits per heavy atom. The van der Waals surface area contributed by atoms with Crippen molar-refractivity contribution in [1.82, 2.24) is 4.90 Å². The number of nitrogens with two attached hydrogens (primary N) is 1. The predicted octanol–water partition coefficient (Wildman–Crippen LogP) is 3.26. The lowest BCUT2D eigenvalue weighted by Crippen LogP contribution is -2.61. The second-order valence-electron chi connectivity index (χ2n) is 6.85. The number of hydrogen-bond donors (Lipinski definition) is 1. The monoisotopic (exact) mass is 240 g/mol. The molecule has 0 bridgehead atoms. The summed E-state index contributed by atoms with van der Waals surface area (Å²) in [5.74, 6) is 1.65. The van der Waals surface area contributed by atoms with Crippen LogP contribution in [0.1, 0.15) is 60.3 Å². The summed E-state index contributed by atoms with van der Waals surface area (Å²) in [6.07, 6.45) is 5.01. The van der Waals surface area contributed by atoms with E-state index in [9.17, 15) is 0 Å². The predicted molar refractivity (Wildman–Crippen MR) is 76.1 cm³/mol. The standard InChI is InChI=1S/C15H32N2/c1-7-14(4,5)17(6)15(11-16)9-8-12(2)13(3)10-15/h12-13H,7-11,16H2,1-6H3. The Hall–Kier alpha value is -0.0800. The molecule has 0 aliphatic heterocycles. The highest BCUT2D eigenvalue weighted by atomic mass is 15.2. The van der Waals surface area contributed by atoms with E-state index >= 15 is 0 Å². The molecule has 0 spiro atoms. The summed E-state index contributed by atoms with van der Waals surface area (Å²) in [7, 11) is 2.28. The molecule has 3 unspecified atom stereocenters. The van der Waals surface area contributed by atoms with E-state index in [-0.39, 0.29) is 11.1 Å². The third-order valence-electron chi connectivity index (χ3n) is 5.60. The first-order valence-corrected chi connectivity index (χ1v) is 7.23. The summed E-state index contributed by atoms with van der Waals surface area (Å²) in [5.41, 5.74) is 6.63. The van der Waals surface area contributed by atoms with Gasteiger partial charge in [-0.15, -0.1) is 0 Å². The van der Waals surface area contributed by atoms with Gasteiger partial charge in [0.05, 0.1) is 0 Å². The first-order valence-electron chi connectivity index (χ1n) is 7.23. The molecule has 0 amide bonds. The van der Waals surface area contributed by atoms with Gasteiger partial charge in [-0.2, -0.15) is 0 Å². The first-order chi connectivity index (χ1) is 7.79. The zero-order valence-electron chi connectivity index (χ0n) is 12.7. The third kappa shape index (κ3) is 2.85. The van der Waals surface area contributed by atoms with E-state index in [2.05, 4.69) is 46.6 Å². The number of hydrogen-bond acceptors (Lipinski definition) is 2. The van der Waals surface area contributed by atoms with Crippen LogP contribution in [0.3, 0.4) is 0 Å². The minimum atomic E-state index is 0.228. The minimum absolute atomic E-state index is 0.228. The molecule has 1 saturated carbocycles. The van der Waals surface area contributed by atoms with Crippen LogP contribution in [0.4, 0.5) is 0 Å². The molecule has 0 aromatic rings. The van der Waals surface area contributed by atoms with Crippen molar-refractivity contribution in [3.63, 3.8) is 0 Å². The van der Waals surface area contributed by atoms with E-state index in [1.807, 2.05) is 0 Å². The molecule has 102 valence electrons. The summed E-state index contributed by atoms with van der Waals surface area (Å²) in [6.45, 7) is 12.5. The van der Waals surface area contributed by atoms with E-state index < -0.39 is 0 Å². The Labute approximate surface area is 108 Å². The number of nitrogens with zero attached hydrogens (tertiary/aromatic N) is 1. The van der Waals surface area contributed by atoms with Crippen LogP contribution in [0, 0.1) is 11.8 Å². The molecule has 1 fully saturated rings. The van der Waals surface area contributed by atoms with Crippen molar-refractivity contribution in [3.05, 3.63) is 0 Å². The maximum absolute atomic E-state index is 6.16. The maximum Gasteiger partial charge on any atom is 0.0336 e. The van der Waals surface area contributed by atoms with Gasteiger partial charge in [0.25, 0.3) is 0 Å². The number of likely N-dealkylation sites (N-methyl/N-ethyl adjacent to an activating group) is 1. The van der Waals surface area contributed by atoms with Gasteiger partial charge in [-0.25, -0.2) is 0 Å². The van der Waals surface area contributed by atoms with Crippen LogP contribution < -0.4 is 5.73 Å². The van der Waals surface area contributed by atoms with Gasteiger partial charge < -0.3 is 5.73 Å². The molecule has 3 atom stereocenters. The average Bonchev–Trinajstić information content (AvgIpc) is 2.32. The van der Waals surface area contributed by atoms with Crippen molar-refractivity contribution in [1.29, 1.82) is 0 Å². The summed E-state index contributed by atoms with van der Waals surface area (Å²) < 4.78 is 0. The van der Waals surface area contributed by atoms with Crippen molar-refractivity contribution < 1.29 is 0 Å². The van der Waals surface area contributed by atoms with Crippen LogP contribution in [0.2, 0.25) is 0 Å². The summed E-state index contributed by atoms with van der Waals surface area (Å²) >= 11 is 0. The molecule has 17 heavy (non-hydrogen) atoms. The van der Waals surface area contributed by atoms with Crippen molar-refractivity contribution in [2.75, 3.05) is 13.6 Å². The molecule has 0 aromatic carbocycles. The van der Waals surface area contributed by atoms with E-state index in [1.165, 1.54) is 25.7 Å². The van der Waals surface area contributed by atoms with E-state index in [1.54, 1.807) is 0 Å². The zero-order chi connectivity index (χ0) is 13.3. The third-order valence-corrected chi connectivity index (χ3v) is 5.60. The fourth-order valence-electron chi connectivity index (χ4n) is 3.19. The SMILES string of the molecule is CCC(C)(C)N(C)C1(CN)CCC(C)C(C)C1. The largest absolute Gasteiger partial charge is 0.329 e. The van der Waals surface area contributed by atoms with Gasteiger partial charge in [0, 0.05) is 17.6 Å². The lowest BCUT2D eigenvalue weighted by Gasteiger charge is -2.53. The van der Waals surface area contributed by atoms with E-state index in [0.717, 1.165) is 18.4 Å². The van der Waals surface area contributed by atoms with Gasteiger partial charge in [-0.3, -0.25) is 4.90 Å². The average molecular weight is 240 g/mol. The molecular weight excluding hydrogens is 208 g/mol. The Morgan fingerprint density at radius 1 is 1.29 bits per heavy atom. The van der Waals surface area contributed by atoms with Crippen LogP contribution in [0.25, 0.3) is 0 Å². The molecule has 1 aliphatic carbocycles. The molecule has 1 rings (SSSR count). The molecule has 0 saturated heterocycles. The lowest BCUT2D eigenvalue weighted by atomic mass is 9.69. The Morgan fingerprint density at radius 3 is 2.29 bits per heavy atom. The zero-order valence-corrected chi connectivity index (χ0v) is 12.7. The molecule has 2 N–H and O–H groups in total. The van der Waals surface area contributed by atoms with Crippen LogP contribution in [-0.4, -0.2) is 29.6 Å². The maximum atomic E-state index is 6.16. The highest BCUT2D eigenvalue weighted by Gasteiger charge is 2.43. The van der Waals surface area contributed by atoms with Gasteiger partial charge in [-0.05, 0) is 58.4 Å². The van der Waals surface area contributed by atoms with Crippen molar-refractivity contribution >= 4 is 0 Å². The second-order valence-corrected chi connectivity index (χ2v) is 6.85. The van der Waals surface area contributed by atoms with Crippen molar-refractivity contribution in [3.8, 4) is 0 Å². The van der Waals surface area contributed by atoms with Gasteiger partial charge in [0.2, 0.25) is 0 Å². The Bertz CT molecular complexity index is 249. The Balaban J connectivity index is 2.89. The second kappa shape index (κ2) is 5.27. The fourth-order valence-corrected chi connectivity index (χ4v) is 3.19. The summed E-state index contributed by atoms with van der Waals surface area (Å²) in [5, 5.41) is 0. The summed E-state index contributed by atoms with van der Waals surface area (Å²) in [6, 6.07) is 0. The number of rotatable bonds is 4. The van der Waals surface area contributed by atoms with Gasteiger partial charge in [-0.1, -0.05) is 20.8 Å². The van der Waals surface area contributed by atoms with Crippen molar-refractivity contribution in [2.24, 2.45) is 17.6 Å². The highest BCUT2D eigenvalue weighted by molar-refractivity contribution is 5.00. The molecule has 2 nitrogen and oxygen atoms in total.